The molecule has 0 saturated heterocycles. The van der Waals surface area contributed by atoms with E-state index in [1.165, 1.54) is 6.20 Å². The highest BCUT2D eigenvalue weighted by Crippen LogP contribution is 2.17. The van der Waals surface area contributed by atoms with Crippen molar-refractivity contribution in [1.29, 1.82) is 0 Å². The molecule has 0 atom stereocenters. The van der Waals surface area contributed by atoms with Gasteiger partial charge in [0.1, 0.15) is 11.5 Å². The summed E-state index contributed by atoms with van der Waals surface area (Å²) in [4.78, 5) is 18.8. The van der Waals surface area contributed by atoms with E-state index < -0.39 is 0 Å². The number of carbonyl (C=O) groups is 1. The topological polar surface area (TPSA) is 86.5 Å². The Bertz CT molecular complexity index is 712. The van der Waals surface area contributed by atoms with Gasteiger partial charge in [-0.3, -0.25) is 9.89 Å². The van der Waals surface area contributed by atoms with Crippen molar-refractivity contribution < 1.29 is 4.79 Å². The number of carbonyl (C=O) groups excluding carboxylic acids is 1. The molecule has 2 heterocycles. The number of H-pyrrole nitrogens is 2. The maximum absolute atomic E-state index is 11.9. The van der Waals surface area contributed by atoms with Crippen LogP contribution in [0.1, 0.15) is 16.3 Å². The number of rotatable bonds is 2. The maximum atomic E-state index is 11.9. The minimum absolute atomic E-state index is 0.210. The van der Waals surface area contributed by atoms with Crippen LogP contribution in [0, 0.1) is 6.92 Å². The Morgan fingerprint density at radius 1 is 1.33 bits per heavy atom. The van der Waals surface area contributed by atoms with Gasteiger partial charge in [0.05, 0.1) is 17.9 Å². The lowest BCUT2D eigenvalue weighted by molar-refractivity contribution is 0.102. The van der Waals surface area contributed by atoms with Gasteiger partial charge in [-0.2, -0.15) is 5.10 Å². The molecule has 3 rings (SSSR count). The predicted octanol–water partition coefficient (Wildman–Crippen LogP) is 1.85. The number of hydrogen-bond acceptors (Lipinski definition) is 3. The van der Waals surface area contributed by atoms with Crippen LogP contribution in [0.15, 0.2) is 30.6 Å². The lowest BCUT2D eigenvalue weighted by Gasteiger charge is -2.03. The highest BCUT2D eigenvalue weighted by atomic mass is 16.1. The summed E-state index contributed by atoms with van der Waals surface area (Å²) in [5.41, 5.74) is 2.10. The van der Waals surface area contributed by atoms with Gasteiger partial charge >= 0.3 is 0 Å². The van der Waals surface area contributed by atoms with Crippen LogP contribution < -0.4 is 5.32 Å². The maximum Gasteiger partial charge on any atom is 0.273 e. The van der Waals surface area contributed by atoms with Gasteiger partial charge in [0.2, 0.25) is 0 Å². The molecule has 0 aliphatic heterocycles. The van der Waals surface area contributed by atoms with Gasteiger partial charge in [0.15, 0.2) is 0 Å². The van der Waals surface area contributed by atoms with E-state index in [2.05, 4.69) is 25.5 Å². The number of aromatic nitrogens is 4. The van der Waals surface area contributed by atoms with Crippen LogP contribution >= 0.6 is 0 Å². The number of benzene rings is 1. The quantitative estimate of drug-likeness (QED) is 0.639. The van der Waals surface area contributed by atoms with E-state index in [0.29, 0.717) is 11.5 Å². The van der Waals surface area contributed by atoms with Crippen molar-refractivity contribution in [3.63, 3.8) is 0 Å². The van der Waals surface area contributed by atoms with Crippen molar-refractivity contribution in [2.45, 2.75) is 6.92 Å². The minimum atomic E-state index is -0.210. The predicted molar refractivity (Wildman–Crippen MR) is 67.4 cm³/mol. The van der Waals surface area contributed by atoms with Gasteiger partial charge in [-0.1, -0.05) is 0 Å². The second kappa shape index (κ2) is 3.99. The van der Waals surface area contributed by atoms with Gasteiger partial charge in [0.25, 0.3) is 5.91 Å². The molecule has 0 spiro atoms. The fourth-order valence-electron chi connectivity index (χ4n) is 1.76. The summed E-state index contributed by atoms with van der Waals surface area (Å²) in [6.07, 6.45) is 3.23. The number of amides is 1. The molecule has 0 saturated carbocycles. The summed E-state index contributed by atoms with van der Waals surface area (Å²) in [6, 6.07) is 5.55. The Kier molecular flexibility index (Phi) is 2.33. The third-order valence-corrected chi connectivity index (χ3v) is 2.65. The number of nitrogens with one attached hydrogen (secondary N) is 3. The van der Waals surface area contributed by atoms with Crippen LogP contribution in [-0.2, 0) is 0 Å². The van der Waals surface area contributed by atoms with Crippen molar-refractivity contribution in [1.82, 2.24) is 20.2 Å². The number of aryl methyl sites for hydroxylation is 1. The highest BCUT2D eigenvalue weighted by Gasteiger charge is 2.08. The molecule has 2 aromatic heterocycles. The van der Waals surface area contributed by atoms with E-state index in [1.54, 1.807) is 13.1 Å². The Hall–Kier alpha value is -2.63. The van der Waals surface area contributed by atoms with Crippen molar-refractivity contribution >= 4 is 22.5 Å². The van der Waals surface area contributed by atoms with E-state index in [-0.39, 0.29) is 5.91 Å². The fraction of sp³-hybridized carbons (Fsp3) is 0.0833. The first-order valence-electron chi connectivity index (χ1n) is 5.48. The van der Waals surface area contributed by atoms with Gasteiger partial charge in [-0.25, -0.2) is 4.98 Å². The van der Waals surface area contributed by atoms with Crippen molar-refractivity contribution in [2.75, 3.05) is 5.32 Å². The number of anilines is 1. The van der Waals surface area contributed by atoms with Crippen LogP contribution in [0.25, 0.3) is 10.9 Å². The molecule has 18 heavy (non-hydrogen) atoms. The molecule has 6 nitrogen and oxygen atoms in total. The van der Waals surface area contributed by atoms with Crippen molar-refractivity contribution in [2.24, 2.45) is 0 Å². The smallest absolute Gasteiger partial charge is 0.273 e. The lowest BCUT2D eigenvalue weighted by Crippen LogP contribution is -2.12. The zero-order valence-corrected chi connectivity index (χ0v) is 9.69. The van der Waals surface area contributed by atoms with Crippen LogP contribution in [-0.4, -0.2) is 26.1 Å². The second-order valence-electron chi connectivity index (χ2n) is 4.01. The van der Waals surface area contributed by atoms with Crippen LogP contribution in [0.4, 0.5) is 5.69 Å². The van der Waals surface area contributed by atoms with E-state index in [1.807, 2.05) is 18.2 Å². The number of fused-ring (bicyclic) bond motifs is 1. The summed E-state index contributed by atoms with van der Waals surface area (Å²) in [6.45, 7) is 1.80. The van der Waals surface area contributed by atoms with E-state index >= 15 is 0 Å². The number of aromatic amines is 2. The normalized spacial score (nSPS) is 10.7. The van der Waals surface area contributed by atoms with E-state index in [9.17, 15) is 4.79 Å². The number of hydrogen-bond donors (Lipinski definition) is 3. The number of imidazole rings is 1. The Balaban J connectivity index is 1.85. The molecule has 0 bridgehead atoms. The standard InChI is InChI=1S/C12H11N5O/c1-7-13-6-11(15-7)12(18)16-9-2-3-10-8(4-9)5-14-17-10/h2-6H,1H3,(H,13,15)(H,14,17)(H,16,18). The zero-order chi connectivity index (χ0) is 12.5. The summed E-state index contributed by atoms with van der Waals surface area (Å²) in [5.74, 6) is 0.504. The SMILES string of the molecule is Cc1ncc(C(=O)Nc2ccc3[nH]ncc3c2)[nH]1. The van der Waals surface area contributed by atoms with Crippen LogP contribution in [0.3, 0.4) is 0 Å². The number of nitrogens with zero attached hydrogens (tertiary/aromatic N) is 2. The molecule has 0 unspecified atom stereocenters. The third-order valence-electron chi connectivity index (χ3n) is 2.65. The Morgan fingerprint density at radius 2 is 2.22 bits per heavy atom. The van der Waals surface area contributed by atoms with Crippen molar-refractivity contribution in [3.8, 4) is 0 Å². The molecule has 0 radical (unpaired) electrons. The molecule has 0 aliphatic carbocycles. The molecule has 90 valence electrons. The molecular formula is C12H11N5O. The van der Waals surface area contributed by atoms with Gasteiger partial charge in [-0.05, 0) is 25.1 Å². The van der Waals surface area contributed by atoms with E-state index in [4.69, 9.17) is 0 Å². The Morgan fingerprint density at radius 3 is 3.00 bits per heavy atom. The average molecular weight is 241 g/mol. The second-order valence-corrected chi connectivity index (χ2v) is 4.01. The summed E-state index contributed by atoms with van der Waals surface area (Å²) >= 11 is 0. The first-order valence-corrected chi connectivity index (χ1v) is 5.48. The lowest BCUT2D eigenvalue weighted by atomic mass is 10.2. The van der Waals surface area contributed by atoms with Gasteiger partial charge in [-0.15, -0.1) is 0 Å². The molecule has 3 aromatic rings. The monoisotopic (exact) mass is 241 g/mol. The summed E-state index contributed by atoms with van der Waals surface area (Å²) in [5, 5.41) is 10.5. The van der Waals surface area contributed by atoms with Gasteiger partial charge in [0, 0.05) is 11.1 Å². The van der Waals surface area contributed by atoms with Crippen LogP contribution in [0.5, 0.6) is 0 Å². The molecule has 6 heteroatoms. The third kappa shape index (κ3) is 1.84. The molecule has 1 aromatic carbocycles. The molecule has 1 amide bonds. The Labute approximate surface area is 102 Å². The molecule has 3 N–H and O–H groups in total. The van der Waals surface area contributed by atoms with Crippen molar-refractivity contribution in [3.05, 3.63) is 42.1 Å². The first-order chi connectivity index (χ1) is 8.72. The molecular weight excluding hydrogens is 230 g/mol. The molecule has 0 fully saturated rings. The first kappa shape index (κ1) is 10.5. The minimum Gasteiger partial charge on any atom is -0.338 e. The van der Waals surface area contributed by atoms with E-state index in [0.717, 1.165) is 16.6 Å². The fourth-order valence-corrected chi connectivity index (χ4v) is 1.76. The summed E-state index contributed by atoms with van der Waals surface area (Å²) < 4.78 is 0. The largest absolute Gasteiger partial charge is 0.338 e. The van der Waals surface area contributed by atoms with Crippen LogP contribution in [0.2, 0.25) is 0 Å². The summed E-state index contributed by atoms with van der Waals surface area (Å²) in [7, 11) is 0. The molecule has 0 aliphatic rings. The highest BCUT2D eigenvalue weighted by molar-refractivity contribution is 6.03. The zero-order valence-electron chi connectivity index (χ0n) is 9.69. The average Bonchev–Trinajstić information content (AvgIpc) is 2.96. The van der Waals surface area contributed by atoms with Gasteiger partial charge < -0.3 is 10.3 Å².